The Kier molecular flexibility index (Phi) is 7.79. The first-order valence-corrected chi connectivity index (χ1v) is 13.5. The number of nitrogens with zero attached hydrogens (tertiary/aromatic N) is 4. The Labute approximate surface area is 224 Å². The molecule has 2 fully saturated rings. The van der Waals surface area contributed by atoms with Gasteiger partial charge in [-0.2, -0.15) is 0 Å². The third-order valence-electron chi connectivity index (χ3n) is 7.36. The van der Waals surface area contributed by atoms with Crippen LogP contribution in [0.3, 0.4) is 0 Å². The molecule has 3 heterocycles. The third kappa shape index (κ3) is 5.45. The summed E-state index contributed by atoms with van der Waals surface area (Å²) in [6.45, 7) is 11.1. The molecular formula is C30H36N4O4. The summed E-state index contributed by atoms with van der Waals surface area (Å²) in [6, 6.07) is 16.2. The molecule has 5 rings (SSSR count). The molecule has 2 saturated heterocycles. The summed E-state index contributed by atoms with van der Waals surface area (Å²) in [5.74, 6) is -0.0421. The van der Waals surface area contributed by atoms with Crippen LogP contribution in [0.5, 0.6) is 0 Å². The van der Waals surface area contributed by atoms with E-state index in [2.05, 4.69) is 42.2 Å². The summed E-state index contributed by atoms with van der Waals surface area (Å²) >= 11 is 0. The molecule has 0 unspecified atom stereocenters. The molecule has 0 saturated carbocycles. The minimum atomic E-state index is -0.304. The number of carbonyl (C=O) groups excluding carboxylic acids is 2. The number of aromatic nitrogens is 1. The van der Waals surface area contributed by atoms with Gasteiger partial charge in [-0.05, 0) is 56.2 Å². The molecule has 8 nitrogen and oxygen atoms in total. The molecule has 0 radical (unpaired) electrons. The van der Waals surface area contributed by atoms with E-state index in [1.165, 1.54) is 5.69 Å². The highest BCUT2D eigenvalue weighted by atomic mass is 16.6. The Morgan fingerprint density at radius 3 is 2.63 bits per heavy atom. The van der Waals surface area contributed by atoms with Crippen molar-refractivity contribution in [2.75, 3.05) is 57.4 Å². The zero-order chi connectivity index (χ0) is 26.6. The average Bonchev–Trinajstić information content (AvgIpc) is 2.95. The Hall–Kier alpha value is -3.65. The second-order valence-electron chi connectivity index (χ2n) is 10.1. The maximum Gasteiger partial charge on any atom is 0.410 e. The van der Waals surface area contributed by atoms with E-state index in [1.54, 1.807) is 4.90 Å². The van der Waals surface area contributed by atoms with Crippen molar-refractivity contribution < 1.29 is 19.1 Å². The molecule has 0 bridgehead atoms. The summed E-state index contributed by atoms with van der Waals surface area (Å²) in [5.41, 5.74) is 5.64. The number of aryl methyl sites for hydroxylation is 1. The van der Waals surface area contributed by atoms with Gasteiger partial charge in [-0.15, -0.1) is 0 Å². The van der Waals surface area contributed by atoms with Crippen molar-refractivity contribution in [3.05, 3.63) is 59.7 Å². The lowest BCUT2D eigenvalue weighted by Crippen LogP contribution is -2.55. The number of anilines is 1. The highest BCUT2D eigenvalue weighted by Gasteiger charge is 2.31. The first kappa shape index (κ1) is 26.0. The van der Waals surface area contributed by atoms with E-state index < -0.39 is 0 Å². The van der Waals surface area contributed by atoms with Gasteiger partial charge in [0.15, 0.2) is 0 Å². The van der Waals surface area contributed by atoms with E-state index in [-0.39, 0.29) is 18.0 Å². The van der Waals surface area contributed by atoms with Gasteiger partial charge in [0.05, 0.1) is 31.0 Å². The van der Waals surface area contributed by atoms with Crippen LogP contribution in [0.25, 0.3) is 22.2 Å². The predicted octanol–water partition coefficient (Wildman–Crippen LogP) is 4.74. The van der Waals surface area contributed by atoms with Gasteiger partial charge in [0, 0.05) is 61.0 Å². The van der Waals surface area contributed by atoms with Crippen molar-refractivity contribution >= 4 is 28.6 Å². The van der Waals surface area contributed by atoms with Crippen LogP contribution in [-0.2, 0) is 9.47 Å². The standard InChI is InChI=1S/C30H36N4O4/c1-4-14-38-30(36)34-11-10-33(20-22(34)3)29(35)24-8-9-26-21(2)17-27(31-28(26)19-24)23-6-5-7-25(18-23)32-12-15-37-16-13-32/h5-9,17-19,22H,4,10-16,20H2,1-3H3/t22-/m1/s1. The number of ether oxygens (including phenoxy) is 2. The second kappa shape index (κ2) is 11.4. The van der Waals surface area contributed by atoms with Crippen LogP contribution in [0.4, 0.5) is 10.5 Å². The van der Waals surface area contributed by atoms with Crippen LogP contribution in [0, 0.1) is 6.92 Å². The predicted molar refractivity (Wildman–Crippen MR) is 149 cm³/mol. The lowest BCUT2D eigenvalue weighted by atomic mass is 10.0. The molecule has 0 aliphatic carbocycles. The fraction of sp³-hybridized carbons (Fsp3) is 0.433. The van der Waals surface area contributed by atoms with E-state index in [4.69, 9.17) is 14.5 Å². The van der Waals surface area contributed by atoms with Crippen molar-refractivity contribution in [1.29, 1.82) is 0 Å². The highest BCUT2D eigenvalue weighted by Crippen LogP contribution is 2.29. The van der Waals surface area contributed by atoms with Crippen LogP contribution in [0.15, 0.2) is 48.5 Å². The van der Waals surface area contributed by atoms with Gasteiger partial charge in [0.2, 0.25) is 0 Å². The first-order valence-electron chi connectivity index (χ1n) is 13.5. The molecule has 38 heavy (non-hydrogen) atoms. The van der Waals surface area contributed by atoms with Crippen LogP contribution in [-0.4, -0.2) is 85.4 Å². The maximum absolute atomic E-state index is 13.4. The molecule has 1 atom stereocenters. The number of fused-ring (bicyclic) bond motifs is 1. The number of piperazine rings is 1. The van der Waals surface area contributed by atoms with Gasteiger partial charge >= 0.3 is 6.09 Å². The molecular weight excluding hydrogens is 480 g/mol. The molecule has 1 aromatic heterocycles. The quantitative estimate of drug-likeness (QED) is 0.488. The number of pyridine rings is 1. The molecule has 2 aromatic carbocycles. The lowest BCUT2D eigenvalue weighted by molar-refractivity contribution is 0.0412. The summed E-state index contributed by atoms with van der Waals surface area (Å²) in [7, 11) is 0. The van der Waals surface area contributed by atoms with Gasteiger partial charge in [-0.1, -0.05) is 25.1 Å². The molecule has 3 aromatic rings. The van der Waals surface area contributed by atoms with Crippen LogP contribution in [0.1, 0.15) is 36.2 Å². The number of benzene rings is 2. The second-order valence-corrected chi connectivity index (χ2v) is 10.1. The van der Waals surface area contributed by atoms with Crippen LogP contribution in [0.2, 0.25) is 0 Å². The summed E-state index contributed by atoms with van der Waals surface area (Å²) in [5, 5.41) is 1.03. The Bertz CT molecular complexity index is 1320. The van der Waals surface area contributed by atoms with Gasteiger partial charge in [0.25, 0.3) is 5.91 Å². The first-order chi connectivity index (χ1) is 18.4. The number of rotatable bonds is 5. The number of amides is 2. The van der Waals surface area contributed by atoms with Crippen molar-refractivity contribution in [2.45, 2.75) is 33.2 Å². The summed E-state index contributed by atoms with van der Waals surface area (Å²) in [6.07, 6.45) is 0.483. The van der Waals surface area contributed by atoms with Gasteiger partial charge < -0.3 is 24.2 Å². The zero-order valence-corrected chi connectivity index (χ0v) is 22.5. The topological polar surface area (TPSA) is 75.2 Å². The Morgan fingerprint density at radius 1 is 1.05 bits per heavy atom. The molecule has 2 amide bonds. The van der Waals surface area contributed by atoms with Crippen molar-refractivity contribution in [2.24, 2.45) is 0 Å². The molecule has 2 aliphatic heterocycles. The fourth-order valence-electron chi connectivity index (χ4n) is 5.24. The number of carbonyl (C=O) groups is 2. The van der Waals surface area contributed by atoms with E-state index in [1.807, 2.05) is 36.9 Å². The van der Waals surface area contributed by atoms with E-state index in [0.717, 1.165) is 60.4 Å². The van der Waals surface area contributed by atoms with Crippen molar-refractivity contribution in [3.63, 3.8) is 0 Å². The van der Waals surface area contributed by atoms with E-state index in [0.29, 0.717) is 31.8 Å². The third-order valence-corrected chi connectivity index (χ3v) is 7.36. The molecule has 2 aliphatic rings. The molecule has 8 heteroatoms. The van der Waals surface area contributed by atoms with Crippen molar-refractivity contribution in [3.8, 4) is 11.3 Å². The number of hydrogen-bond donors (Lipinski definition) is 0. The number of hydrogen-bond acceptors (Lipinski definition) is 6. The van der Waals surface area contributed by atoms with Crippen molar-refractivity contribution in [1.82, 2.24) is 14.8 Å². The largest absolute Gasteiger partial charge is 0.449 e. The maximum atomic E-state index is 13.4. The summed E-state index contributed by atoms with van der Waals surface area (Å²) < 4.78 is 10.8. The zero-order valence-electron chi connectivity index (χ0n) is 22.5. The highest BCUT2D eigenvalue weighted by molar-refractivity contribution is 5.99. The van der Waals surface area contributed by atoms with Crippen LogP contribution < -0.4 is 4.90 Å². The molecule has 200 valence electrons. The van der Waals surface area contributed by atoms with Gasteiger partial charge in [-0.3, -0.25) is 4.79 Å². The molecule has 0 N–H and O–H groups in total. The minimum Gasteiger partial charge on any atom is -0.449 e. The smallest absolute Gasteiger partial charge is 0.410 e. The molecule has 0 spiro atoms. The van der Waals surface area contributed by atoms with Gasteiger partial charge in [-0.25, -0.2) is 9.78 Å². The SMILES string of the molecule is CCCOC(=O)N1CCN(C(=O)c2ccc3c(C)cc(-c4cccc(N5CCOCC5)c4)nc3c2)C[C@H]1C. The average molecular weight is 517 g/mol. The monoisotopic (exact) mass is 516 g/mol. The van der Waals surface area contributed by atoms with Crippen LogP contribution >= 0.6 is 0 Å². The normalized spacial score (nSPS) is 18.1. The minimum absolute atomic E-state index is 0.0421. The number of morpholine rings is 1. The van der Waals surface area contributed by atoms with E-state index in [9.17, 15) is 9.59 Å². The Balaban J connectivity index is 1.36. The fourth-order valence-corrected chi connectivity index (χ4v) is 5.24. The van der Waals surface area contributed by atoms with Gasteiger partial charge in [0.1, 0.15) is 0 Å². The van der Waals surface area contributed by atoms with E-state index >= 15 is 0 Å². The Morgan fingerprint density at radius 2 is 1.87 bits per heavy atom. The summed E-state index contributed by atoms with van der Waals surface area (Å²) in [4.78, 5) is 36.6. The lowest BCUT2D eigenvalue weighted by Gasteiger charge is -2.39.